The lowest BCUT2D eigenvalue weighted by Gasteiger charge is -2.33. The maximum absolute atomic E-state index is 11.0. The summed E-state index contributed by atoms with van der Waals surface area (Å²) >= 11 is 0. The van der Waals surface area contributed by atoms with Gasteiger partial charge in [-0.25, -0.2) is 9.78 Å². The van der Waals surface area contributed by atoms with E-state index in [4.69, 9.17) is 14.9 Å². The monoisotopic (exact) mass is 429 g/mol. The number of β-amino-alcohol motifs (C(OH)–C–C–N with tert-alkyl or cyclic N) is 1. The molecule has 1 unspecified atom stereocenters. The molecule has 1 aromatic carbocycles. The molecule has 1 aromatic heterocycles. The number of pyridine rings is 1. The maximum atomic E-state index is 11.0. The van der Waals surface area contributed by atoms with Gasteiger partial charge in [-0.3, -0.25) is 4.79 Å². The second-order valence-electron chi connectivity index (χ2n) is 7.53. The highest BCUT2D eigenvalue weighted by Crippen LogP contribution is 2.29. The van der Waals surface area contributed by atoms with E-state index in [0.29, 0.717) is 29.1 Å². The van der Waals surface area contributed by atoms with Crippen LogP contribution in [-0.4, -0.2) is 76.5 Å². The lowest BCUT2D eigenvalue weighted by Crippen LogP contribution is -2.45. The summed E-state index contributed by atoms with van der Waals surface area (Å²) in [6, 6.07) is 7.21. The number of methoxy groups -OCH3 is 1. The second-order valence-corrected chi connectivity index (χ2v) is 7.53. The molecule has 9 nitrogen and oxygen atoms in total. The molecule has 4 N–H and O–H groups in total. The molecule has 1 aliphatic heterocycles. The van der Waals surface area contributed by atoms with E-state index in [2.05, 4.69) is 15.2 Å². The lowest BCUT2D eigenvalue weighted by molar-refractivity contribution is -0.136. The van der Waals surface area contributed by atoms with Gasteiger partial charge < -0.3 is 30.3 Å². The SMILES string of the molecule is COc1ccc2c(/C=C/C(=O)O)ccc(C(O)CN3CCC(NCC(=O)O)CC3)c2n1. The van der Waals surface area contributed by atoms with Crippen LogP contribution in [0.25, 0.3) is 17.0 Å². The van der Waals surface area contributed by atoms with Gasteiger partial charge in [-0.15, -0.1) is 0 Å². The van der Waals surface area contributed by atoms with Crippen molar-refractivity contribution in [1.29, 1.82) is 0 Å². The molecule has 1 aliphatic rings. The smallest absolute Gasteiger partial charge is 0.328 e. The van der Waals surface area contributed by atoms with E-state index >= 15 is 0 Å². The number of aromatic nitrogens is 1. The zero-order valence-electron chi connectivity index (χ0n) is 17.3. The number of aliphatic carboxylic acids is 2. The number of hydrogen-bond donors (Lipinski definition) is 4. The molecule has 0 aliphatic carbocycles. The van der Waals surface area contributed by atoms with E-state index in [1.807, 2.05) is 0 Å². The zero-order chi connectivity index (χ0) is 22.4. The van der Waals surface area contributed by atoms with E-state index in [9.17, 15) is 14.7 Å². The minimum atomic E-state index is -1.04. The molecule has 0 amide bonds. The van der Waals surface area contributed by atoms with Gasteiger partial charge in [0, 0.05) is 35.7 Å². The van der Waals surface area contributed by atoms with Crippen molar-refractivity contribution >= 4 is 28.9 Å². The third-order valence-corrected chi connectivity index (χ3v) is 5.43. The van der Waals surface area contributed by atoms with Gasteiger partial charge in [-0.2, -0.15) is 0 Å². The third kappa shape index (κ3) is 6.00. The number of rotatable bonds is 9. The van der Waals surface area contributed by atoms with E-state index in [0.717, 1.165) is 37.4 Å². The number of carbonyl (C=O) groups is 2. The van der Waals surface area contributed by atoms with Gasteiger partial charge in [-0.05, 0) is 43.6 Å². The fourth-order valence-corrected chi connectivity index (χ4v) is 3.83. The van der Waals surface area contributed by atoms with E-state index < -0.39 is 18.0 Å². The Morgan fingerprint density at radius 3 is 2.65 bits per heavy atom. The number of ether oxygens (including phenoxy) is 1. The average molecular weight is 429 g/mol. The maximum Gasteiger partial charge on any atom is 0.328 e. The van der Waals surface area contributed by atoms with Crippen LogP contribution in [0, 0.1) is 0 Å². The molecule has 2 heterocycles. The van der Waals surface area contributed by atoms with Gasteiger partial charge in [0.05, 0.1) is 25.3 Å². The number of likely N-dealkylation sites (tertiary alicyclic amines) is 1. The van der Waals surface area contributed by atoms with E-state index in [-0.39, 0.29) is 12.6 Å². The van der Waals surface area contributed by atoms with Crippen molar-refractivity contribution in [3.63, 3.8) is 0 Å². The largest absolute Gasteiger partial charge is 0.481 e. The summed E-state index contributed by atoms with van der Waals surface area (Å²) in [4.78, 5) is 28.3. The van der Waals surface area contributed by atoms with E-state index in [1.165, 1.54) is 13.2 Å². The van der Waals surface area contributed by atoms with E-state index in [1.54, 1.807) is 24.3 Å². The molecule has 31 heavy (non-hydrogen) atoms. The summed E-state index contributed by atoms with van der Waals surface area (Å²) in [6.07, 6.45) is 3.40. The summed E-state index contributed by atoms with van der Waals surface area (Å²) in [5.74, 6) is -1.50. The number of nitrogens with one attached hydrogen (secondary N) is 1. The molecular weight excluding hydrogens is 402 g/mol. The number of aliphatic hydroxyl groups excluding tert-OH is 1. The zero-order valence-corrected chi connectivity index (χ0v) is 17.3. The number of piperidine rings is 1. The van der Waals surface area contributed by atoms with Crippen molar-refractivity contribution in [2.75, 3.05) is 33.3 Å². The van der Waals surface area contributed by atoms with Gasteiger partial charge in [0.25, 0.3) is 0 Å². The number of fused-ring (bicyclic) bond motifs is 1. The van der Waals surface area contributed by atoms with Crippen molar-refractivity contribution < 1.29 is 29.6 Å². The first kappa shape index (κ1) is 22.7. The summed E-state index contributed by atoms with van der Waals surface area (Å²) < 4.78 is 5.23. The quantitative estimate of drug-likeness (QED) is 0.438. The average Bonchev–Trinajstić information content (AvgIpc) is 2.76. The first-order valence-corrected chi connectivity index (χ1v) is 10.1. The summed E-state index contributed by atoms with van der Waals surface area (Å²) in [6.45, 7) is 1.88. The number of carboxylic acid groups (broad SMARTS) is 2. The van der Waals surface area contributed by atoms with Crippen molar-refractivity contribution in [3.05, 3.63) is 41.5 Å². The minimum Gasteiger partial charge on any atom is -0.481 e. The molecule has 3 rings (SSSR count). The Kier molecular flexibility index (Phi) is 7.56. The van der Waals surface area contributed by atoms with Crippen molar-refractivity contribution in [2.24, 2.45) is 0 Å². The summed E-state index contributed by atoms with van der Waals surface area (Å²) in [7, 11) is 1.51. The van der Waals surface area contributed by atoms with Crippen LogP contribution in [-0.2, 0) is 9.59 Å². The number of benzene rings is 1. The fraction of sp³-hybridized carbons (Fsp3) is 0.409. The van der Waals surface area contributed by atoms with Crippen LogP contribution < -0.4 is 10.1 Å². The predicted molar refractivity (Wildman–Crippen MR) is 115 cm³/mol. The lowest BCUT2D eigenvalue weighted by atomic mass is 9.98. The van der Waals surface area contributed by atoms with Crippen LogP contribution in [0.5, 0.6) is 5.88 Å². The molecule has 9 heteroatoms. The van der Waals surface area contributed by atoms with Crippen molar-refractivity contribution in [2.45, 2.75) is 25.0 Å². The van der Waals surface area contributed by atoms with Gasteiger partial charge >= 0.3 is 11.9 Å². The molecular formula is C22H27N3O6. The number of carboxylic acids is 2. The molecule has 0 radical (unpaired) electrons. The first-order chi connectivity index (χ1) is 14.9. The Morgan fingerprint density at radius 2 is 2.00 bits per heavy atom. The van der Waals surface area contributed by atoms with Crippen LogP contribution >= 0.6 is 0 Å². The van der Waals surface area contributed by atoms with Gasteiger partial charge in [-0.1, -0.05) is 12.1 Å². The first-order valence-electron chi connectivity index (χ1n) is 10.1. The van der Waals surface area contributed by atoms with Gasteiger partial charge in [0.1, 0.15) is 0 Å². The predicted octanol–water partition coefficient (Wildman–Crippen LogP) is 1.51. The van der Waals surface area contributed by atoms with Gasteiger partial charge in [0.2, 0.25) is 5.88 Å². The normalized spacial score (nSPS) is 16.6. The third-order valence-electron chi connectivity index (χ3n) is 5.43. The summed E-state index contributed by atoms with van der Waals surface area (Å²) in [5.41, 5.74) is 1.90. The number of hydrogen-bond acceptors (Lipinski definition) is 7. The fourth-order valence-electron chi connectivity index (χ4n) is 3.83. The summed E-state index contributed by atoms with van der Waals surface area (Å²) in [5, 5.41) is 32.4. The molecule has 166 valence electrons. The highest BCUT2D eigenvalue weighted by Gasteiger charge is 2.23. The molecule has 0 bridgehead atoms. The van der Waals surface area contributed by atoms with Gasteiger partial charge in [0.15, 0.2) is 0 Å². The standard InChI is InChI=1S/C22H27N3O6/c1-31-19-6-5-16-14(3-7-20(27)28)2-4-17(22(16)24-19)18(26)13-25-10-8-15(9-11-25)23-12-21(29)30/h2-7,15,18,23,26H,8-13H2,1H3,(H,27,28)(H,29,30)/b7-3+. The Balaban J connectivity index is 1.76. The van der Waals surface area contributed by atoms with Crippen LogP contribution in [0.15, 0.2) is 30.3 Å². The molecule has 2 aromatic rings. The van der Waals surface area contributed by atoms with Crippen molar-refractivity contribution in [3.8, 4) is 5.88 Å². The Hall–Kier alpha value is -3.01. The second kappa shape index (κ2) is 10.3. The van der Waals surface area contributed by atoms with Crippen LogP contribution in [0.4, 0.5) is 0 Å². The molecule has 1 atom stereocenters. The highest BCUT2D eigenvalue weighted by molar-refractivity contribution is 5.94. The highest BCUT2D eigenvalue weighted by atomic mass is 16.5. The van der Waals surface area contributed by atoms with Crippen molar-refractivity contribution in [1.82, 2.24) is 15.2 Å². The minimum absolute atomic E-state index is 0.0462. The number of nitrogens with zero attached hydrogens (tertiary/aromatic N) is 2. The molecule has 1 fully saturated rings. The molecule has 0 spiro atoms. The topological polar surface area (TPSA) is 132 Å². The number of aliphatic hydroxyl groups is 1. The van der Waals surface area contributed by atoms with Crippen LogP contribution in [0.3, 0.4) is 0 Å². The Bertz CT molecular complexity index is 969. The molecule has 0 saturated carbocycles. The Morgan fingerprint density at radius 1 is 1.26 bits per heavy atom. The molecule has 1 saturated heterocycles. The van der Waals surface area contributed by atoms with Crippen LogP contribution in [0.1, 0.15) is 30.1 Å². The Labute approximate surface area is 180 Å². The van der Waals surface area contributed by atoms with Crippen LogP contribution in [0.2, 0.25) is 0 Å².